The molecule has 0 aliphatic carbocycles. The highest BCUT2D eigenvalue weighted by atomic mass is 32.2. The van der Waals surface area contributed by atoms with E-state index in [0.717, 1.165) is 5.56 Å². The van der Waals surface area contributed by atoms with Crippen molar-refractivity contribution in [3.05, 3.63) is 29.8 Å². The van der Waals surface area contributed by atoms with Crippen molar-refractivity contribution < 1.29 is 13.6 Å². The first kappa shape index (κ1) is 14.5. The highest BCUT2D eigenvalue weighted by molar-refractivity contribution is 7.89. The molecule has 0 heterocycles. The second-order valence-corrected chi connectivity index (χ2v) is 5.67. The zero-order valence-corrected chi connectivity index (χ0v) is 10.9. The van der Waals surface area contributed by atoms with E-state index in [-0.39, 0.29) is 17.3 Å². The number of rotatable bonds is 6. The zero-order chi connectivity index (χ0) is 13.6. The number of nitrogens with one attached hydrogen (secondary N) is 1. The molecule has 0 aliphatic rings. The largest absolute Gasteiger partial charge is 0.409 e. The average molecular weight is 271 g/mol. The van der Waals surface area contributed by atoms with Crippen LogP contribution in [0.5, 0.6) is 0 Å². The van der Waals surface area contributed by atoms with Crippen LogP contribution in [0.25, 0.3) is 0 Å². The first-order valence-corrected chi connectivity index (χ1v) is 6.97. The predicted octanol–water partition coefficient (Wildman–Crippen LogP) is 0.800. The molecule has 4 N–H and O–H groups in total. The molecule has 1 rings (SSSR count). The van der Waals surface area contributed by atoms with E-state index in [1.807, 2.05) is 6.92 Å². The van der Waals surface area contributed by atoms with Crippen LogP contribution in [0.1, 0.15) is 18.4 Å². The van der Waals surface area contributed by atoms with Gasteiger partial charge in [0.1, 0.15) is 5.84 Å². The second kappa shape index (κ2) is 6.36. The summed E-state index contributed by atoms with van der Waals surface area (Å²) >= 11 is 0. The zero-order valence-electron chi connectivity index (χ0n) is 10.1. The minimum absolute atomic E-state index is 0.0875. The van der Waals surface area contributed by atoms with Crippen molar-refractivity contribution >= 4 is 15.9 Å². The SMILES string of the molecule is Cc1ccc(S(=O)(=O)NCCC/C(N)=N/O)cc1. The van der Waals surface area contributed by atoms with Gasteiger partial charge in [0.05, 0.1) is 4.90 Å². The molecule has 0 saturated heterocycles. The van der Waals surface area contributed by atoms with Crippen molar-refractivity contribution in [1.82, 2.24) is 4.72 Å². The summed E-state index contributed by atoms with van der Waals surface area (Å²) in [4.78, 5) is 0.233. The number of aryl methyl sites for hydroxylation is 1. The quantitative estimate of drug-likeness (QED) is 0.234. The monoisotopic (exact) mass is 271 g/mol. The maximum Gasteiger partial charge on any atom is 0.240 e. The van der Waals surface area contributed by atoms with Crippen LogP contribution >= 0.6 is 0 Å². The number of benzene rings is 1. The molecule has 18 heavy (non-hydrogen) atoms. The summed E-state index contributed by atoms with van der Waals surface area (Å²) in [5.74, 6) is 0.0875. The molecule has 0 spiro atoms. The van der Waals surface area contributed by atoms with Gasteiger partial charge in [-0.1, -0.05) is 22.9 Å². The van der Waals surface area contributed by atoms with Crippen LogP contribution in [0.3, 0.4) is 0 Å². The number of oxime groups is 1. The number of amidine groups is 1. The number of hydrogen-bond acceptors (Lipinski definition) is 4. The van der Waals surface area contributed by atoms with Gasteiger partial charge in [0, 0.05) is 13.0 Å². The van der Waals surface area contributed by atoms with Crippen LogP contribution in [0.4, 0.5) is 0 Å². The Hall–Kier alpha value is -1.60. The average Bonchev–Trinajstić information content (AvgIpc) is 2.35. The summed E-state index contributed by atoms with van der Waals surface area (Å²) in [6, 6.07) is 6.60. The molecule has 0 aromatic heterocycles. The van der Waals surface area contributed by atoms with Gasteiger partial charge < -0.3 is 10.9 Å². The van der Waals surface area contributed by atoms with E-state index in [1.54, 1.807) is 24.3 Å². The van der Waals surface area contributed by atoms with Crippen LogP contribution < -0.4 is 10.5 Å². The van der Waals surface area contributed by atoms with Crippen LogP contribution in [0, 0.1) is 6.92 Å². The van der Waals surface area contributed by atoms with E-state index in [1.165, 1.54) is 0 Å². The van der Waals surface area contributed by atoms with Gasteiger partial charge in [-0.2, -0.15) is 0 Å². The van der Waals surface area contributed by atoms with Gasteiger partial charge in [-0.05, 0) is 25.5 Å². The fourth-order valence-electron chi connectivity index (χ4n) is 1.33. The molecular formula is C11H17N3O3S. The topological polar surface area (TPSA) is 105 Å². The summed E-state index contributed by atoms with van der Waals surface area (Å²) in [6.07, 6.45) is 0.813. The van der Waals surface area contributed by atoms with Crippen molar-refractivity contribution in [2.24, 2.45) is 10.9 Å². The second-order valence-electron chi connectivity index (χ2n) is 3.91. The molecule has 6 nitrogen and oxygen atoms in total. The van der Waals surface area contributed by atoms with E-state index < -0.39 is 10.0 Å². The summed E-state index contributed by atoms with van der Waals surface area (Å²) < 4.78 is 26.1. The van der Waals surface area contributed by atoms with Crippen LogP contribution in [0.15, 0.2) is 34.3 Å². The van der Waals surface area contributed by atoms with Crippen LogP contribution in [-0.2, 0) is 10.0 Å². The first-order valence-electron chi connectivity index (χ1n) is 5.48. The summed E-state index contributed by atoms with van der Waals surface area (Å²) in [6.45, 7) is 2.13. The molecule has 0 unspecified atom stereocenters. The molecule has 100 valence electrons. The molecule has 0 atom stereocenters. The van der Waals surface area contributed by atoms with Gasteiger partial charge in [0.25, 0.3) is 0 Å². The lowest BCUT2D eigenvalue weighted by Crippen LogP contribution is -2.25. The summed E-state index contributed by atoms with van der Waals surface area (Å²) in [5.41, 5.74) is 6.27. The van der Waals surface area contributed by atoms with Crippen molar-refractivity contribution in [1.29, 1.82) is 0 Å². The van der Waals surface area contributed by atoms with E-state index in [4.69, 9.17) is 10.9 Å². The van der Waals surface area contributed by atoms with E-state index in [9.17, 15) is 8.42 Å². The van der Waals surface area contributed by atoms with Gasteiger partial charge in [-0.3, -0.25) is 0 Å². The third-order valence-electron chi connectivity index (χ3n) is 2.36. The van der Waals surface area contributed by atoms with Crippen molar-refractivity contribution in [2.75, 3.05) is 6.54 Å². The lowest BCUT2D eigenvalue weighted by molar-refractivity contribution is 0.316. The maximum atomic E-state index is 11.8. The Kier molecular flexibility index (Phi) is 5.11. The number of nitrogens with zero attached hydrogens (tertiary/aromatic N) is 1. The molecular weight excluding hydrogens is 254 g/mol. The van der Waals surface area contributed by atoms with E-state index >= 15 is 0 Å². The molecule has 0 amide bonds. The van der Waals surface area contributed by atoms with Crippen molar-refractivity contribution in [3.63, 3.8) is 0 Å². The minimum atomic E-state index is -3.47. The molecule has 7 heteroatoms. The Balaban J connectivity index is 2.53. The smallest absolute Gasteiger partial charge is 0.240 e. The van der Waals surface area contributed by atoms with Crippen molar-refractivity contribution in [3.8, 4) is 0 Å². The lowest BCUT2D eigenvalue weighted by Gasteiger charge is -2.06. The molecule has 1 aromatic rings. The van der Waals surface area contributed by atoms with Gasteiger partial charge in [0.15, 0.2) is 0 Å². The molecule has 0 aliphatic heterocycles. The minimum Gasteiger partial charge on any atom is -0.409 e. The standard InChI is InChI=1S/C11H17N3O3S/c1-9-4-6-10(7-5-9)18(16,17)13-8-2-3-11(12)14-15/h4-7,13,15H,2-3,8H2,1H3,(H2,12,14). The van der Waals surface area contributed by atoms with Gasteiger partial charge in [-0.25, -0.2) is 13.1 Å². The molecule has 0 radical (unpaired) electrons. The Labute approximate surface area is 107 Å². The molecule has 0 bridgehead atoms. The number of sulfonamides is 1. The maximum absolute atomic E-state index is 11.8. The van der Waals surface area contributed by atoms with E-state index in [0.29, 0.717) is 12.8 Å². The Bertz CT molecular complexity index is 509. The summed E-state index contributed by atoms with van der Waals surface area (Å²) in [5, 5.41) is 11.1. The van der Waals surface area contributed by atoms with E-state index in [2.05, 4.69) is 9.88 Å². The first-order chi connectivity index (χ1) is 8.45. The Morgan fingerprint density at radius 3 is 2.56 bits per heavy atom. The third kappa shape index (κ3) is 4.34. The molecule has 1 aromatic carbocycles. The predicted molar refractivity (Wildman–Crippen MR) is 69.0 cm³/mol. The highest BCUT2D eigenvalue weighted by Crippen LogP contribution is 2.09. The molecule has 0 fully saturated rings. The van der Waals surface area contributed by atoms with Crippen LogP contribution in [-0.4, -0.2) is 26.0 Å². The highest BCUT2D eigenvalue weighted by Gasteiger charge is 2.12. The van der Waals surface area contributed by atoms with Crippen LogP contribution in [0.2, 0.25) is 0 Å². The fourth-order valence-corrected chi connectivity index (χ4v) is 2.40. The number of hydrogen-bond donors (Lipinski definition) is 3. The Morgan fingerprint density at radius 2 is 2.00 bits per heavy atom. The number of nitrogens with two attached hydrogens (primary N) is 1. The van der Waals surface area contributed by atoms with Gasteiger partial charge in [0.2, 0.25) is 10.0 Å². The lowest BCUT2D eigenvalue weighted by atomic mass is 10.2. The molecule has 0 saturated carbocycles. The van der Waals surface area contributed by atoms with Gasteiger partial charge in [-0.15, -0.1) is 0 Å². The van der Waals surface area contributed by atoms with Gasteiger partial charge >= 0.3 is 0 Å². The van der Waals surface area contributed by atoms with Crippen molar-refractivity contribution in [2.45, 2.75) is 24.7 Å². The normalized spacial score (nSPS) is 12.6. The third-order valence-corrected chi connectivity index (χ3v) is 3.84. The Morgan fingerprint density at radius 1 is 1.39 bits per heavy atom. The fraction of sp³-hybridized carbons (Fsp3) is 0.364. The summed E-state index contributed by atoms with van der Waals surface area (Å²) in [7, 11) is -3.47.